The van der Waals surface area contributed by atoms with Crippen LogP contribution < -0.4 is 0 Å². The van der Waals surface area contributed by atoms with E-state index in [1.54, 1.807) is 0 Å². The van der Waals surface area contributed by atoms with E-state index in [4.69, 9.17) is 0 Å². The second kappa shape index (κ2) is 7.14. The van der Waals surface area contributed by atoms with E-state index < -0.39 is 0 Å². The van der Waals surface area contributed by atoms with Crippen molar-refractivity contribution in [2.24, 2.45) is 5.41 Å². The van der Waals surface area contributed by atoms with Crippen molar-refractivity contribution in [2.75, 3.05) is 39.3 Å². The predicted octanol–water partition coefficient (Wildman–Crippen LogP) is 2.65. The Hall–Kier alpha value is -1.10. The Labute approximate surface area is 158 Å². The normalized spacial score (nSPS) is 32.6. The topological polar surface area (TPSA) is 43.9 Å². The maximum absolute atomic E-state index is 13.8. The Morgan fingerprint density at radius 2 is 1.65 bits per heavy atom. The van der Waals surface area contributed by atoms with Gasteiger partial charge in [0.15, 0.2) is 0 Å². The number of carbonyl (C=O) groups excluding carboxylic acids is 2. The van der Waals surface area contributed by atoms with Crippen LogP contribution in [0.3, 0.4) is 0 Å². The van der Waals surface area contributed by atoms with Gasteiger partial charge in [0.05, 0.1) is 0 Å². The molecule has 3 saturated heterocycles. The quantitative estimate of drug-likeness (QED) is 0.776. The average Bonchev–Trinajstić information content (AvgIpc) is 3.35. The van der Waals surface area contributed by atoms with Crippen LogP contribution in [0.4, 0.5) is 0 Å². The lowest BCUT2D eigenvalue weighted by atomic mass is 9.73. The lowest BCUT2D eigenvalue weighted by Crippen LogP contribution is -2.62. The minimum atomic E-state index is -0.204. The third-order valence-corrected chi connectivity index (χ3v) is 7.62. The van der Waals surface area contributed by atoms with Gasteiger partial charge in [-0.25, -0.2) is 0 Å². The third-order valence-electron chi connectivity index (χ3n) is 7.62. The first-order chi connectivity index (χ1) is 12.6. The molecular weight excluding hydrogens is 326 g/mol. The van der Waals surface area contributed by atoms with Gasteiger partial charge in [0.1, 0.15) is 5.54 Å². The van der Waals surface area contributed by atoms with Crippen molar-refractivity contribution in [2.45, 2.75) is 76.7 Å². The number of rotatable bonds is 3. The van der Waals surface area contributed by atoms with Crippen molar-refractivity contribution >= 4 is 11.8 Å². The van der Waals surface area contributed by atoms with E-state index in [1.807, 2.05) is 4.90 Å². The summed E-state index contributed by atoms with van der Waals surface area (Å²) >= 11 is 0. The van der Waals surface area contributed by atoms with E-state index in [0.717, 1.165) is 71.4 Å². The van der Waals surface area contributed by atoms with Crippen LogP contribution in [-0.2, 0) is 9.59 Å². The van der Waals surface area contributed by atoms with Crippen LogP contribution in [0.1, 0.15) is 71.1 Å². The minimum Gasteiger partial charge on any atom is -0.342 e. The highest BCUT2D eigenvalue weighted by molar-refractivity contribution is 5.87. The van der Waals surface area contributed by atoms with E-state index in [2.05, 4.69) is 16.7 Å². The summed E-state index contributed by atoms with van der Waals surface area (Å²) < 4.78 is 0. The van der Waals surface area contributed by atoms with E-state index in [1.165, 1.54) is 25.7 Å². The summed E-state index contributed by atoms with van der Waals surface area (Å²) in [5.41, 5.74) is -0.0629. The molecule has 4 fully saturated rings. The first-order valence-corrected chi connectivity index (χ1v) is 10.9. The van der Waals surface area contributed by atoms with Crippen LogP contribution >= 0.6 is 0 Å². The molecule has 0 bridgehead atoms. The van der Waals surface area contributed by atoms with Gasteiger partial charge in [-0.1, -0.05) is 12.8 Å². The van der Waals surface area contributed by atoms with Gasteiger partial charge < -0.3 is 9.80 Å². The van der Waals surface area contributed by atoms with Gasteiger partial charge in [-0.15, -0.1) is 0 Å². The maximum atomic E-state index is 13.8. The van der Waals surface area contributed by atoms with Crippen LogP contribution in [0.15, 0.2) is 0 Å². The first-order valence-electron chi connectivity index (χ1n) is 10.9. The molecule has 5 nitrogen and oxygen atoms in total. The molecule has 1 saturated carbocycles. The highest BCUT2D eigenvalue weighted by Crippen LogP contribution is 2.43. The zero-order chi connectivity index (χ0) is 18.2. The van der Waals surface area contributed by atoms with Crippen molar-refractivity contribution in [3.05, 3.63) is 0 Å². The van der Waals surface area contributed by atoms with Crippen molar-refractivity contribution in [1.82, 2.24) is 14.7 Å². The zero-order valence-corrected chi connectivity index (χ0v) is 16.5. The molecule has 26 heavy (non-hydrogen) atoms. The number of amides is 2. The first kappa shape index (κ1) is 18.3. The second-order valence-electron chi connectivity index (χ2n) is 9.17. The highest BCUT2D eigenvalue weighted by Gasteiger charge is 2.51. The number of piperidine rings is 2. The Kier molecular flexibility index (Phi) is 5.02. The molecular formula is C21H35N3O2. The van der Waals surface area contributed by atoms with Crippen LogP contribution in [0, 0.1) is 5.41 Å². The Balaban J connectivity index is 1.51. The monoisotopic (exact) mass is 361 g/mol. The molecule has 5 heteroatoms. The summed E-state index contributed by atoms with van der Waals surface area (Å²) in [6.45, 7) is 7.70. The Morgan fingerprint density at radius 1 is 0.923 bits per heavy atom. The van der Waals surface area contributed by atoms with Gasteiger partial charge in [-0.2, -0.15) is 0 Å². The number of likely N-dealkylation sites (tertiary alicyclic amines) is 3. The fourth-order valence-electron chi connectivity index (χ4n) is 6.17. The summed E-state index contributed by atoms with van der Waals surface area (Å²) in [6, 6.07) is 0. The van der Waals surface area contributed by atoms with Crippen LogP contribution in [0.5, 0.6) is 0 Å². The number of carbonyl (C=O) groups is 2. The molecule has 0 aromatic rings. The summed E-state index contributed by atoms with van der Waals surface area (Å²) in [6.07, 6.45) is 10.8. The number of nitrogens with zero attached hydrogens (tertiary/aromatic N) is 3. The summed E-state index contributed by atoms with van der Waals surface area (Å²) in [7, 11) is 0. The lowest BCUT2D eigenvalue weighted by molar-refractivity contribution is -0.151. The lowest BCUT2D eigenvalue weighted by Gasteiger charge is -2.50. The van der Waals surface area contributed by atoms with Crippen molar-refractivity contribution < 1.29 is 9.59 Å². The fourth-order valence-corrected chi connectivity index (χ4v) is 6.17. The number of hydrogen-bond donors (Lipinski definition) is 0. The average molecular weight is 362 g/mol. The third kappa shape index (κ3) is 3.06. The van der Waals surface area contributed by atoms with Crippen LogP contribution in [-0.4, -0.2) is 71.3 Å². The molecule has 4 aliphatic rings. The molecule has 3 aliphatic heterocycles. The van der Waals surface area contributed by atoms with Crippen molar-refractivity contribution in [3.8, 4) is 0 Å². The van der Waals surface area contributed by atoms with Gasteiger partial charge in [0.25, 0.3) is 0 Å². The summed E-state index contributed by atoms with van der Waals surface area (Å²) in [5, 5.41) is 0. The number of hydrogen-bond acceptors (Lipinski definition) is 3. The summed E-state index contributed by atoms with van der Waals surface area (Å²) in [4.78, 5) is 32.6. The predicted molar refractivity (Wildman–Crippen MR) is 102 cm³/mol. The molecule has 3 heterocycles. The van der Waals surface area contributed by atoms with Gasteiger partial charge in [0.2, 0.25) is 11.8 Å². The van der Waals surface area contributed by atoms with Crippen molar-refractivity contribution in [1.29, 1.82) is 0 Å². The molecule has 0 N–H and O–H groups in total. The molecule has 4 rings (SSSR count). The van der Waals surface area contributed by atoms with E-state index >= 15 is 0 Å². The highest BCUT2D eigenvalue weighted by atomic mass is 16.2. The van der Waals surface area contributed by atoms with E-state index in [9.17, 15) is 9.59 Å². The molecule has 1 atom stereocenters. The maximum Gasteiger partial charge on any atom is 0.243 e. The molecule has 146 valence electrons. The van der Waals surface area contributed by atoms with Crippen LogP contribution in [0.2, 0.25) is 0 Å². The van der Waals surface area contributed by atoms with E-state index in [0.29, 0.717) is 18.2 Å². The Morgan fingerprint density at radius 3 is 2.35 bits per heavy atom. The molecule has 0 aromatic carbocycles. The second-order valence-corrected chi connectivity index (χ2v) is 9.17. The van der Waals surface area contributed by atoms with Gasteiger partial charge >= 0.3 is 0 Å². The van der Waals surface area contributed by atoms with Gasteiger partial charge in [-0.05, 0) is 65.0 Å². The standard InChI is InChI=1S/C21H35N3O2/c1-2-22-16-20(12-8-18(22)25)9-7-13-23(17-20)19(26)21(10-3-4-11-21)24-14-5-6-15-24/h2-17H2,1H3/t20-/m0/s1. The molecule has 1 aliphatic carbocycles. The fraction of sp³-hybridized carbons (Fsp3) is 0.905. The summed E-state index contributed by atoms with van der Waals surface area (Å²) in [5.74, 6) is 0.710. The Bertz CT molecular complexity index is 551. The van der Waals surface area contributed by atoms with Crippen molar-refractivity contribution in [3.63, 3.8) is 0 Å². The molecule has 0 radical (unpaired) electrons. The zero-order valence-electron chi connectivity index (χ0n) is 16.5. The molecule has 2 amide bonds. The molecule has 0 aromatic heterocycles. The van der Waals surface area contributed by atoms with E-state index in [-0.39, 0.29) is 11.0 Å². The largest absolute Gasteiger partial charge is 0.342 e. The smallest absolute Gasteiger partial charge is 0.243 e. The molecule has 1 spiro atoms. The van der Waals surface area contributed by atoms with Crippen LogP contribution in [0.25, 0.3) is 0 Å². The SMILES string of the molecule is CCN1C[C@]2(CCCN(C(=O)C3(N4CCCC4)CCCC3)C2)CCC1=O. The van der Waals surface area contributed by atoms with Gasteiger partial charge in [-0.3, -0.25) is 14.5 Å². The molecule has 0 unspecified atom stereocenters. The van der Waals surface area contributed by atoms with Gasteiger partial charge in [0, 0.05) is 38.0 Å². The minimum absolute atomic E-state index is 0.142.